The number of nitrogens with zero attached hydrogens (tertiary/aromatic N) is 2. The second-order valence-corrected chi connectivity index (χ2v) is 4.48. The van der Waals surface area contributed by atoms with Gasteiger partial charge in [0.15, 0.2) is 0 Å². The molecule has 2 rings (SSSR count). The summed E-state index contributed by atoms with van der Waals surface area (Å²) in [6, 6.07) is 0.672. The zero-order valence-electron chi connectivity index (χ0n) is 8.63. The highest BCUT2D eigenvalue weighted by atomic mass is 35.5. The SMILES string of the molecule is CC1CCC1NCc1cnn(C)c1Cl. The van der Waals surface area contributed by atoms with Crippen molar-refractivity contribution in [3.63, 3.8) is 0 Å². The molecule has 0 spiro atoms. The molecule has 1 aliphatic rings. The zero-order chi connectivity index (χ0) is 10.1. The summed E-state index contributed by atoms with van der Waals surface area (Å²) in [5.41, 5.74) is 1.09. The van der Waals surface area contributed by atoms with Crippen molar-refractivity contribution >= 4 is 11.6 Å². The molecule has 0 aliphatic heterocycles. The summed E-state index contributed by atoms with van der Waals surface area (Å²) in [6.45, 7) is 3.12. The minimum atomic E-state index is 0.672. The van der Waals surface area contributed by atoms with Gasteiger partial charge in [0.05, 0.1) is 6.20 Å². The Bertz CT molecular complexity index is 321. The highest BCUT2D eigenvalue weighted by Gasteiger charge is 2.26. The van der Waals surface area contributed by atoms with Crippen LogP contribution in [0.4, 0.5) is 0 Å². The van der Waals surface area contributed by atoms with Gasteiger partial charge in [-0.3, -0.25) is 4.68 Å². The Balaban J connectivity index is 1.88. The molecule has 1 N–H and O–H groups in total. The first-order chi connectivity index (χ1) is 6.68. The fourth-order valence-electron chi connectivity index (χ4n) is 1.80. The van der Waals surface area contributed by atoms with Crippen molar-refractivity contribution < 1.29 is 0 Å². The minimum absolute atomic E-state index is 0.672. The van der Waals surface area contributed by atoms with E-state index in [1.807, 2.05) is 13.2 Å². The number of aromatic nitrogens is 2. The van der Waals surface area contributed by atoms with Gasteiger partial charge in [-0.25, -0.2) is 0 Å². The van der Waals surface area contributed by atoms with E-state index >= 15 is 0 Å². The largest absolute Gasteiger partial charge is 0.309 e. The first-order valence-electron chi connectivity index (χ1n) is 5.08. The molecule has 14 heavy (non-hydrogen) atoms. The van der Waals surface area contributed by atoms with Crippen molar-refractivity contribution in [2.24, 2.45) is 13.0 Å². The van der Waals surface area contributed by atoms with Crippen LogP contribution in [0.1, 0.15) is 25.3 Å². The lowest BCUT2D eigenvalue weighted by molar-refractivity contribution is 0.228. The van der Waals surface area contributed by atoms with Crippen molar-refractivity contribution in [3.8, 4) is 0 Å². The summed E-state index contributed by atoms with van der Waals surface area (Å²) < 4.78 is 1.70. The molecule has 2 atom stereocenters. The van der Waals surface area contributed by atoms with Crippen molar-refractivity contribution in [2.75, 3.05) is 0 Å². The van der Waals surface area contributed by atoms with E-state index in [9.17, 15) is 0 Å². The first-order valence-corrected chi connectivity index (χ1v) is 5.46. The van der Waals surface area contributed by atoms with Crippen LogP contribution >= 0.6 is 11.6 Å². The van der Waals surface area contributed by atoms with Gasteiger partial charge in [0.1, 0.15) is 5.15 Å². The average Bonchev–Trinajstić information content (AvgIpc) is 2.47. The monoisotopic (exact) mass is 213 g/mol. The molecule has 1 aromatic rings. The Labute approximate surface area is 89.4 Å². The van der Waals surface area contributed by atoms with Crippen LogP contribution in [0.15, 0.2) is 6.20 Å². The predicted octanol–water partition coefficient (Wildman–Crippen LogP) is 1.96. The van der Waals surface area contributed by atoms with E-state index in [1.54, 1.807) is 4.68 Å². The molecule has 0 aromatic carbocycles. The summed E-state index contributed by atoms with van der Waals surface area (Å²) in [7, 11) is 1.86. The molecule has 1 aromatic heterocycles. The highest BCUT2D eigenvalue weighted by Crippen LogP contribution is 2.27. The third-order valence-corrected chi connectivity index (χ3v) is 3.60. The maximum absolute atomic E-state index is 6.05. The number of hydrogen-bond acceptors (Lipinski definition) is 2. The Hall–Kier alpha value is -0.540. The lowest BCUT2D eigenvalue weighted by Gasteiger charge is -2.34. The smallest absolute Gasteiger partial charge is 0.131 e. The van der Waals surface area contributed by atoms with Gasteiger partial charge in [-0.15, -0.1) is 0 Å². The Morgan fingerprint density at radius 2 is 2.43 bits per heavy atom. The molecule has 0 radical (unpaired) electrons. The quantitative estimate of drug-likeness (QED) is 0.832. The predicted molar refractivity (Wildman–Crippen MR) is 57.2 cm³/mol. The van der Waals surface area contributed by atoms with Gasteiger partial charge in [0, 0.05) is 25.2 Å². The zero-order valence-corrected chi connectivity index (χ0v) is 9.38. The third-order valence-electron chi connectivity index (χ3n) is 3.11. The molecule has 78 valence electrons. The average molecular weight is 214 g/mol. The lowest BCUT2D eigenvalue weighted by atomic mass is 9.81. The van der Waals surface area contributed by atoms with E-state index in [-0.39, 0.29) is 0 Å². The van der Waals surface area contributed by atoms with Crippen LogP contribution in [0.2, 0.25) is 5.15 Å². The molecule has 1 fully saturated rings. The van der Waals surface area contributed by atoms with Crippen molar-refractivity contribution in [3.05, 3.63) is 16.9 Å². The molecule has 1 saturated carbocycles. The van der Waals surface area contributed by atoms with E-state index < -0.39 is 0 Å². The van der Waals surface area contributed by atoms with Crippen LogP contribution in [0.5, 0.6) is 0 Å². The minimum Gasteiger partial charge on any atom is -0.309 e. The molecular formula is C10H16ClN3. The van der Waals surface area contributed by atoms with E-state index in [0.29, 0.717) is 6.04 Å². The lowest BCUT2D eigenvalue weighted by Crippen LogP contribution is -2.41. The van der Waals surface area contributed by atoms with Crippen LogP contribution in [0.3, 0.4) is 0 Å². The number of nitrogens with one attached hydrogen (secondary N) is 1. The Morgan fingerprint density at radius 1 is 1.64 bits per heavy atom. The van der Waals surface area contributed by atoms with Crippen molar-refractivity contribution in [1.82, 2.24) is 15.1 Å². The first kappa shape index (κ1) is 9.99. The van der Waals surface area contributed by atoms with Crippen molar-refractivity contribution in [1.29, 1.82) is 0 Å². The van der Waals surface area contributed by atoms with E-state index in [2.05, 4.69) is 17.3 Å². The van der Waals surface area contributed by atoms with E-state index in [1.165, 1.54) is 12.8 Å². The summed E-state index contributed by atoms with van der Waals surface area (Å²) in [6.07, 6.45) is 4.47. The van der Waals surface area contributed by atoms with Gasteiger partial charge in [0.2, 0.25) is 0 Å². The van der Waals surface area contributed by atoms with Gasteiger partial charge in [-0.1, -0.05) is 18.5 Å². The molecule has 3 nitrogen and oxygen atoms in total. The topological polar surface area (TPSA) is 29.9 Å². The molecule has 4 heteroatoms. The van der Waals surface area contributed by atoms with Crippen LogP contribution in [0, 0.1) is 5.92 Å². The molecule has 1 aliphatic carbocycles. The maximum Gasteiger partial charge on any atom is 0.131 e. The van der Waals surface area contributed by atoms with E-state index in [0.717, 1.165) is 23.2 Å². The van der Waals surface area contributed by atoms with Crippen LogP contribution in [-0.4, -0.2) is 15.8 Å². The highest BCUT2D eigenvalue weighted by molar-refractivity contribution is 6.30. The molecule has 0 amide bonds. The molecule has 0 saturated heterocycles. The molecule has 2 unspecified atom stereocenters. The fraction of sp³-hybridized carbons (Fsp3) is 0.700. The van der Waals surface area contributed by atoms with Crippen LogP contribution in [-0.2, 0) is 13.6 Å². The number of hydrogen-bond donors (Lipinski definition) is 1. The van der Waals surface area contributed by atoms with Crippen LogP contribution < -0.4 is 5.32 Å². The van der Waals surface area contributed by atoms with Crippen LogP contribution in [0.25, 0.3) is 0 Å². The van der Waals surface area contributed by atoms with E-state index in [4.69, 9.17) is 11.6 Å². The standard InChI is InChI=1S/C10H16ClN3/c1-7-3-4-9(7)12-5-8-6-13-14(2)10(8)11/h6-7,9,12H,3-5H2,1-2H3. The fourth-order valence-corrected chi connectivity index (χ4v) is 1.96. The summed E-state index contributed by atoms with van der Waals surface area (Å²) in [5, 5.41) is 8.34. The summed E-state index contributed by atoms with van der Waals surface area (Å²) in [5.74, 6) is 0.811. The van der Waals surface area contributed by atoms with Gasteiger partial charge in [-0.2, -0.15) is 5.10 Å². The second-order valence-electron chi connectivity index (χ2n) is 4.13. The summed E-state index contributed by atoms with van der Waals surface area (Å²) in [4.78, 5) is 0. The Kier molecular flexibility index (Phi) is 2.79. The number of rotatable bonds is 3. The maximum atomic E-state index is 6.05. The van der Waals surface area contributed by atoms with Gasteiger partial charge >= 0.3 is 0 Å². The Morgan fingerprint density at radius 3 is 2.86 bits per heavy atom. The number of aryl methyl sites for hydroxylation is 1. The molecule has 1 heterocycles. The van der Waals surface area contributed by atoms with Gasteiger partial charge in [0.25, 0.3) is 0 Å². The number of halogens is 1. The van der Waals surface area contributed by atoms with Crippen molar-refractivity contribution in [2.45, 2.75) is 32.4 Å². The second kappa shape index (κ2) is 3.91. The van der Waals surface area contributed by atoms with Gasteiger partial charge in [-0.05, 0) is 18.8 Å². The third kappa shape index (κ3) is 1.79. The molecule has 0 bridgehead atoms. The summed E-state index contributed by atoms with van der Waals surface area (Å²) >= 11 is 6.05. The molecular weight excluding hydrogens is 198 g/mol. The van der Waals surface area contributed by atoms with Gasteiger partial charge < -0.3 is 5.32 Å². The normalized spacial score (nSPS) is 26.2.